The average molecular weight is 531 g/mol. The number of hydrogen-bond acceptors (Lipinski definition) is 3. The van der Waals surface area contributed by atoms with Crippen molar-refractivity contribution in [1.29, 1.82) is 0 Å². The number of unbranched alkanes of at least 4 members (excludes halogenated alkanes) is 2. The monoisotopic (exact) mass is 530 g/mol. The standard InChI is InChI=1S/C30H36N6O3/c1-5-7-17-35-21-19-33(3)29(35)27(37)31-23-9-13-25(14-10-23)39-26-15-11-24(12-16-26)32-28(38)30-34(4)20-22-36(30)18-8-6-2/h9-16,19-22H,5-8,17-18H2,1-4H3/p+2. The van der Waals surface area contributed by atoms with Crippen LogP contribution in [0.15, 0.2) is 73.3 Å². The summed E-state index contributed by atoms with van der Waals surface area (Å²) < 4.78 is 13.6. The molecule has 2 N–H and O–H groups in total. The number of nitrogens with zero attached hydrogens (tertiary/aromatic N) is 4. The maximum absolute atomic E-state index is 12.9. The van der Waals surface area contributed by atoms with Gasteiger partial charge < -0.3 is 15.4 Å². The lowest BCUT2D eigenvalue weighted by Gasteiger charge is -2.09. The summed E-state index contributed by atoms with van der Waals surface area (Å²) in [5.74, 6) is 2.19. The molecule has 0 unspecified atom stereocenters. The third kappa shape index (κ3) is 6.93. The molecule has 2 aromatic heterocycles. The summed E-state index contributed by atoms with van der Waals surface area (Å²) in [6.07, 6.45) is 11.8. The molecule has 0 spiro atoms. The molecule has 2 amide bonds. The van der Waals surface area contributed by atoms with E-state index in [1.54, 1.807) is 0 Å². The largest absolute Gasteiger partial charge is 0.457 e. The molecule has 4 rings (SSSR count). The average Bonchev–Trinajstić information content (AvgIpc) is 3.49. The Morgan fingerprint density at radius 3 is 1.44 bits per heavy atom. The second-order valence-electron chi connectivity index (χ2n) is 9.62. The molecule has 0 aliphatic rings. The molecule has 2 heterocycles. The fourth-order valence-corrected chi connectivity index (χ4v) is 4.37. The Morgan fingerprint density at radius 1 is 0.692 bits per heavy atom. The molecule has 4 aromatic rings. The third-order valence-corrected chi connectivity index (χ3v) is 6.52. The van der Waals surface area contributed by atoms with Gasteiger partial charge in [0.25, 0.3) is 0 Å². The van der Waals surface area contributed by atoms with Gasteiger partial charge in [-0.2, -0.15) is 0 Å². The molecule has 0 aliphatic heterocycles. The van der Waals surface area contributed by atoms with Gasteiger partial charge in [-0.05, 0) is 61.4 Å². The Bertz CT molecular complexity index is 1300. The van der Waals surface area contributed by atoms with E-state index in [2.05, 4.69) is 24.5 Å². The summed E-state index contributed by atoms with van der Waals surface area (Å²) in [4.78, 5) is 25.8. The highest BCUT2D eigenvalue weighted by atomic mass is 16.5. The Labute approximate surface area is 229 Å². The van der Waals surface area contributed by atoms with E-state index in [1.807, 2.05) is 106 Å². The number of ether oxygens (including phenoxy) is 1. The zero-order chi connectivity index (χ0) is 27.8. The van der Waals surface area contributed by atoms with Crippen molar-refractivity contribution in [2.24, 2.45) is 14.1 Å². The van der Waals surface area contributed by atoms with E-state index in [9.17, 15) is 9.59 Å². The Hall–Kier alpha value is -4.40. The number of nitrogens with one attached hydrogen (secondary N) is 2. The minimum absolute atomic E-state index is 0.156. The third-order valence-electron chi connectivity index (χ3n) is 6.52. The van der Waals surface area contributed by atoms with Gasteiger partial charge in [0.15, 0.2) is 0 Å². The molecule has 9 nitrogen and oxygen atoms in total. The van der Waals surface area contributed by atoms with Crippen molar-refractivity contribution in [2.75, 3.05) is 10.6 Å². The number of carbonyl (C=O) groups is 2. The lowest BCUT2D eigenvalue weighted by Crippen LogP contribution is -2.37. The van der Waals surface area contributed by atoms with Gasteiger partial charge in [-0.3, -0.25) is 9.59 Å². The SMILES string of the molecule is CCCCn1cc[n+](C)c1C(=O)Nc1ccc(Oc2ccc(NC(=O)c3n(CCCC)cc[n+]3C)cc2)cc1. The number of amides is 2. The normalized spacial score (nSPS) is 10.9. The second kappa shape index (κ2) is 12.9. The summed E-state index contributed by atoms with van der Waals surface area (Å²) in [5, 5.41) is 5.94. The predicted molar refractivity (Wildman–Crippen MR) is 150 cm³/mol. The number of carbonyl (C=O) groups excluding carboxylic acids is 2. The maximum atomic E-state index is 12.9. The summed E-state index contributed by atoms with van der Waals surface area (Å²) in [7, 11) is 3.74. The minimum Gasteiger partial charge on any atom is -0.457 e. The summed E-state index contributed by atoms with van der Waals surface area (Å²) in [6.45, 7) is 5.88. The van der Waals surface area contributed by atoms with Gasteiger partial charge in [0.1, 0.15) is 36.3 Å². The van der Waals surface area contributed by atoms with Crippen LogP contribution >= 0.6 is 0 Å². The molecule has 0 saturated heterocycles. The van der Waals surface area contributed by atoms with Gasteiger partial charge in [0.05, 0.1) is 27.2 Å². The lowest BCUT2D eigenvalue weighted by atomic mass is 10.2. The van der Waals surface area contributed by atoms with Crippen LogP contribution in [0.5, 0.6) is 11.5 Å². The molecular weight excluding hydrogens is 492 g/mol. The number of benzene rings is 2. The molecular formula is C30H38N6O3+2. The van der Waals surface area contributed by atoms with Gasteiger partial charge >= 0.3 is 23.5 Å². The van der Waals surface area contributed by atoms with E-state index in [-0.39, 0.29) is 11.8 Å². The fourth-order valence-electron chi connectivity index (χ4n) is 4.37. The van der Waals surface area contributed by atoms with E-state index in [0.29, 0.717) is 34.5 Å². The number of anilines is 2. The van der Waals surface area contributed by atoms with Crippen LogP contribution in [0.1, 0.15) is 60.8 Å². The predicted octanol–water partition coefficient (Wildman–Crippen LogP) is 4.84. The van der Waals surface area contributed by atoms with Crippen LogP contribution in [0.25, 0.3) is 0 Å². The molecule has 204 valence electrons. The van der Waals surface area contributed by atoms with Crippen molar-refractivity contribution in [2.45, 2.75) is 52.6 Å². The van der Waals surface area contributed by atoms with Crippen LogP contribution in [-0.2, 0) is 27.2 Å². The van der Waals surface area contributed by atoms with Crippen molar-refractivity contribution in [3.05, 3.63) is 85.0 Å². The summed E-state index contributed by atoms with van der Waals surface area (Å²) in [5.41, 5.74) is 1.37. The van der Waals surface area contributed by atoms with E-state index in [0.717, 1.165) is 38.8 Å². The van der Waals surface area contributed by atoms with Crippen LogP contribution in [0.3, 0.4) is 0 Å². The van der Waals surface area contributed by atoms with Crippen molar-refractivity contribution in [1.82, 2.24) is 9.13 Å². The van der Waals surface area contributed by atoms with Gasteiger partial charge in [-0.1, -0.05) is 26.7 Å². The highest BCUT2D eigenvalue weighted by Crippen LogP contribution is 2.25. The first kappa shape index (κ1) is 27.6. The lowest BCUT2D eigenvalue weighted by molar-refractivity contribution is -0.673. The van der Waals surface area contributed by atoms with Gasteiger partial charge in [-0.25, -0.2) is 18.3 Å². The van der Waals surface area contributed by atoms with Crippen LogP contribution in [-0.4, -0.2) is 20.9 Å². The smallest absolute Gasteiger partial charge is 0.348 e. The topological polar surface area (TPSA) is 85.1 Å². The van der Waals surface area contributed by atoms with Crippen molar-refractivity contribution in [3.63, 3.8) is 0 Å². The zero-order valence-electron chi connectivity index (χ0n) is 23.2. The summed E-state index contributed by atoms with van der Waals surface area (Å²) in [6, 6.07) is 14.5. The number of imidazole rings is 2. The number of rotatable bonds is 12. The molecule has 0 bridgehead atoms. The van der Waals surface area contributed by atoms with Crippen LogP contribution in [0.2, 0.25) is 0 Å². The highest BCUT2D eigenvalue weighted by Gasteiger charge is 2.24. The molecule has 0 atom stereocenters. The van der Waals surface area contributed by atoms with Crippen molar-refractivity contribution < 1.29 is 23.5 Å². The number of hydrogen-bond donors (Lipinski definition) is 2. The first-order chi connectivity index (χ1) is 18.9. The molecule has 9 heteroatoms. The second-order valence-corrected chi connectivity index (χ2v) is 9.62. The first-order valence-corrected chi connectivity index (χ1v) is 13.5. The quantitative estimate of drug-likeness (QED) is 0.257. The van der Waals surface area contributed by atoms with E-state index < -0.39 is 0 Å². The molecule has 0 saturated carbocycles. The first-order valence-electron chi connectivity index (χ1n) is 13.5. The van der Waals surface area contributed by atoms with Gasteiger partial charge in [0.2, 0.25) is 0 Å². The van der Waals surface area contributed by atoms with E-state index >= 15 is 0 Å². The van der Waals surface area contributed by atoms with Crippen molar-refractivity contribution >= 4 is 23.2 Å². The fraction of sp³-hybridized carbons (Fsp3) is 0.333. The molecule has 39 heavy (non-hydrogen) atoms. The van der Waals surface area contributed by atoms with Crippen molar-refractivity contribution in [3.8, 4) is 11.5 Å². The Morgan fingerprint density at radius 2 is 1.08 bits per heavy atom. The molecule has 0 aliphatic carbocycles. The molecule has 0 fully saturated rings. The Balaban J connectivity index is 1.34. The minimum atomic E-state index is -0.156. The van der Waals surface area contributed by atoms with Gasteiger partial charge in [0, 0.05) is 11.4 Å². The van der Waals surface area contributed by atoms with Crippen LogP contribution < -0.4 is 24.5 Å². The van der Waals surface area contributed by atoms with E-state index in [4.69, 9.17) is 4.74 Å². The number of aryl methyl sites for hydroxylation is 4. The molecule has 0 radical (unpaired) electrons. The van der Waals surface area contributed by atoms with Gasteiger partial charge in [-0.15, -0.1) is 0 Å². The maximum Gasteiger partial charge on any atom is 0.348 e. The molecule has 2 aromatic carbocycles. The van der Waals surface area contributed by atoms with E-state index in [1.165, 1.54) is 0 Å². The Kier molecular flexibility index (Phi) is 9.14. The number of aromatic nitrogens is 4. The summed E-state index contributed by atoms with van der Waals surface area (Å²) >= 11 is 0. The highest BCUT2D eigenvalue weighted by molar-refractivity contribution is 6.01. The van der Waals surface area contributed by atoms with Crippen LogP contribution in [0, 0.1) is 0 Å². The zero-order valence-corrected chi connectivity index (χ0v) is 23.2. The van der Waals surface area contributed by atoms with Crippen LogP contribution in [0.4, 0.5) is 11.4 Å².